The zero-order valence-electron chi connectivity index (χ0n) is 11.5. The Hall–Kier alpha value is -2.02. The smallest absolute Gasteiger partial charge is 0.305 e. The zero-order valence-corrected chi connectivity index (χ0v) is 12.3. The van der Waals surface area contributed by atoms with Gasteiger partial charge in [-0.25, -0.2) is 4.98 Å². The third-order valence-corrected chi connectivity index (χ3v) is 4.54. The van der Waals surface area contributed by atoms with E-state index in [9.17, 15) is 4.79 Å². The van der Waals surface area contributed by atoms with E-state index < -0.39 is 0 Å². The van der Waals surface area contributed by atoms with Crippen molar-refractivity contribution >= 4 is 33.2 Å². The molecule has 0 aromatic carbocycles. The summed E-state index contributed by atoms with van der Waals surface area (Å²) in [5.41, 5.74) is 1.99. The predicted octanol–water partition coefficient (Wildman–Crippen LogP) is 2.06. The zero-order chi connectivity index (χ0) is 14.3. The Balaban J connectivity index is 2.09. The van der Waals surface area contributed by atoms with Crippen molar-refractivity contribution in [3.63, 3.8) is 0 Å². The number of esters is 1. The third kappa shape index (κ3) is 1.94. The molecule has 0 unspecified atom stereocenters. The summed E-state index contributed by atoms with van der Waals surface area (Å²) in [4.78, 5) is 17.9. The van der Waals surface area contributed by atoms with Crippen LogP contribution in [0.15, 0.2) is 6.33 Å². The van der Waals surface area contributed by atoms with Gasteiger partial charge in [0.25, 0.3) is 0 Å². The first-order chi connectivity index (χ1) is 9.61. The minimum atomic E-state index is -0.252. The molecule has 0 aliphatic carbocycles. The number of nitrogens with zero attached hydrogens (tertiary/aromatic N) is 4. The molecule has 0 saturated carbocycles. The molecule has 0 amide bonds. The SMILES string of the molecule is COC(=O)CCc1nnc2c3c(C)c(C)sc3ncn12. The minimum absolute atomic E-state index is 0.252. The standard InChI is InChI=1S/C13H14N4O2S/c1-7-8(2)20-13-11(7)12-16-15-9(17(12)6-14-13)4-5-10(18)19-3/h6H,4-5H2,1-3H3. The molecule has 7 heteroatoms. The van der Waals surface area contributed by atoms with E-state index in [0.717, 1.165) is 21.7 Å². The van der Waals surface area contributed by atoms with Crippen LogP contribution >= 0.6 is 11.3 Å². The van der Waals surface area contributed by atoms with Crippen LogP contribution in [-0.4, -0.2) is 32.7 Å². The highest BCUT2D eigenvalue weighted by Crippen LogP contribution is 2.30. The van der Waals surface area contributed by atoms with E-state index in [2.05, 4.69) is 33.8 Å². The van der Waals surface area contributed by atoms with Crippen molar-refractivity contribution in [1.29, 1.82) is 0 Å². The van der Waals surface area contributed by atoms with Crippen molar-refractivity contribution in [1.82, 2.24) is 19.6 Å². The molecule has 0 spiro atoms. The first kappa shape index (κ1) is 13.0. The number of carbonyl (C=O) groups excluding carboxylic acids is 1. The van der Waals surface area contributed by atoms with E-state index in [1.54, 1.807) is 17.7 Å². The average molecular weight is 290 g/mol. The van der Waals surface area contributed by atoms with E-state index in [0.29, 0.717) is 6.42 Å². The van der Waals surface area contributed by atoms with Crippen LogP contribution in [-0.2, 0) is 16.0 Å². The van der Waals surface area contributed by atoms with Gasteiger partial charge in [0.2, 0.25) is 0 Å². The van der Waals surface area contributed by atoms with Gasteiger partial charge in [-0.15, -0.1) is 21.5 Å². The molecule has 0 atom stereocenters. The number of thiophene rings is 1. The molecule has 3 aromatic rings. The van der Waals surface area contributed by atoms with Crippen molar-refractivity contribution in [2.75, 3.05) is 7.11 Å². The number of methoxy groups -OCH3 is 1. The molecule has 3 aromatic heterocycles. The number of rotatable bonds is 3. The molecule has 0 bridgehead atoms. The summed E-state index contributed by atoms with van der Waals surface area (Å²) in [6, 6.07) is 0. The summed E-state index contributed by atoms with van der Waals surface area (Å²) in [5.74, 6) is 0.474. The Morgan fingerprint density at radius 1 is 1.40 bits per heavy atom. The number of hydrogen-bond donors (Lipinski definition) is 0. The Morgan fingerprint density at radius 2 is 2.20 bits per heavy atom. The summed E-state index contributed by atoms with van der Waals surface area (Å²) in [6.07, 6.45) is 2.50. The summed E-state index contributed by atoms with van der Waals surface area (Å²) in [7, 11) is 1.38. The lowest BCUT2D eigenvalue weighted by atomic mass is 10.2. The van der Waals surface area contributed by atoms with Gasteiger partial charge < -0.3 is 4.74 Å². The maximum absolute atomic E-state index is 11.2. The van der Waals surface area contributed by atoms with E-state index in [1.165, 1.54) is 17.6 Å². The molecular formula is C13H14N4O2S. The number of fused-ring (bicyclic) bond motifs is 3. The van der Waals surface area contributed by atoms with Crippen molar-refractivity contribution < 1.29 is 9.53 Å². The van der Waals surface area contributed by atoms with Gasteiger partial charge in [0.1, 0.15) is 17.0 Å². The number of carbonyl (C=O) groups is 1. The molecule has 0 radical (unpaired) electrons. The van der Waals surface area contributed by atoms with Gasteiger partial charge in [-0.2, -0.15) is 0 Å². The number of aromatic nitrogens is 4. The quantitative estimate of drug-likeness (QED) is 0.691. The lowest BCUT2D eigenvalue weighted by Gasteiger charge is -2.00. The molecule has 0 aliphatic rings. The second-order valence-electron chi connectivity index (χ2n) is 4.59. The van der Waals surface area contributed by atoms with Gasteiger partial charge in [0.05, 0.1) is 18.9 Å². The highest BCUT2D eigenvalue weighted by atomic mass is 32.1. The Morgan fingerprint density at radius 3 is 2.95 bits per heavy atom. The van der Waals surface area contributed by atoms with Gasteiger partial charge in [0, 0.05) is 11.3 Å². The first-order valence-corrected chi connectivity index (χ1v) is 7.08. The minimum Gasteiger partial charge on any atom is -0.469 e. The highest BCUT2D eigenvalue weighted by molar-refractivity contribution is 7.18. The van der Waals surface area contributed by atoms with Crippen molar-refractivity contribution in [3.8, 4) is 0 Å². The molecule has 0 fully saturated rings. The summed E-state index contributed by atoms with van der Waals surface area (Å²) in [6.45, 7) is 4.14. The van der Waals surface area contributed by atoms with Crippen molar-refractivity contribution in [2.45, 2.75) is 26.7 Å². The summed E-state index contributed by atoms with van der Waals surface area (Å²) in [5, 5.41) is 9.47. The van der Waals surface area contributed by atoms with Crippen LogP contribution in [0.2, 0.25) is 0 Å². The van der Waals surface area contributed by atoms with E-state index in [4.69, 9.17) is 0 Å². The first-order valence-electron chi connectivity index (χ1n) is 6.27. The Labute approximate surface area is 119 Å². The maximum Gasteiger partial charge on any atom is 0.305 e. The Bertz CT molecular complexity index is 806. The molecule has 3 heterocycles. The second-order valence-corrected chi connectivity index (χ2v) is 5.80. The monoisotopic (exact) mass is 290 g/mol. The van der Waals surface area contributed by atoms with Gasteiger partial charge >= 0.3 is 5.97 Å². The number of aryl methyl sites for hydroxylation is 3. The van der Waals surface area contributed by atoms with Crippen LogP contribution in [0, 0.1) is 13.8 Å². The Kier molecular flexibility index (Phi) is 3.13. The molecule has 6 nitrogen and oxygen atoms in total. The van der Waals surface area contributed by atoms with Crippen LogP contribution in [0.4, 0.5) is 0 Å². The second kappa shape index (κ2) is 4.82. The highest BCUT2D eigenvalue weighted by Gasteiger charge is 2.15. The summed E-state index contributed by atoms with van der Waals surface area (Å²) >= 11 is 1.66. The molecule has 20 heavy (non-hydrogen) atoms. The molecule has 0 aliphatic heterocycles. The fourth-order valence-corrected chi connectivity index (χ4v) is 3.17. The topological polar surface area (TPSA) is 69.4 Å². The molecule has 104 valence electrons. The van der Waals surface area contributed by atoms with E-state index in [1.807, 2.05) is 4.40 Å². The summed E-state index contributed by atoms with van der Waals surface area (Å²) < 4.78 is 6.49. The normalized spacial score (nSPS) is 11.3. The van der Waals surface area contributed by atoms with Crippen LogP contribution in [0.3, 0.4) is 0 Å². The number of ether oxygens (including phenoxy) is 1. The molecule has 3 rings (SSSR count). The van der Waals surface area contributed by atoms with Crippen LogP contribution < -0.4 is 0 Å². The largest absolute Gasteiger partial charge is 0.469 e. The van der Waals surface area contributed by atoms with Crippen LogP contribution in [0.1, 0.15) is 22.7 Å². The van der Waals surface area contributed by atoms with E-state index in [-0.39, 0.29) is 12.4 Å². The van der Waals surface area contributed by atoms with Gasteiger partial charge in [-0.3, -0.25) is 9.20 Å². The number of hydrogen-bond acceptors (Lipinski definition) is 6. The molecule has 0 N–H and O–H groups in total. The lowest BCUT2D eigenvalue weighted by Crippen LogP contribution is -2.04. The predicted molar refractivity (Wildman–Crippen MR) is 76.0 cm³/mol. The molecular weight excluding hydrogens is 276 g/mol. The van der Waals surface area contributed by atoms with Gasteiger partial charge in [0.15, 0.2) is 5.65 Å². The van der Waals surface area contributed by atoms with Gasteiger partial charge in [-0.1, -0.05) is 0 Å². The van der Waals surface area contributed by atoms with E-state index >= 15 is 0 Å². The maximum atomic E-state index is 11.2. The third-order valence-electron chi connectivity index (χ3n) is 3.43. The van der Waals surface area contributed by atoms with Gasteiger partial charge in [-0.05, 0) is 19.4 Å². The average Bonchev–Trinajstić information content (AvgIpc) is 2.98. The molecule has 0 saturated heterocycles. The fraction of sp³-hybridized carbons (Fsp3) is 0.385. The fourth-order valence-electron chi connectivity index (χ4n) is 2.18. The van der Waals surface area contributed by atoms with Crippen molar-refractivity contribution in [3.05, 3.63) is 22.6 Å². The van der Waals surface area contributed by atoms with Crippen molar-refractivity contribution in [2.24, 2.45) is 0 Å². The van der Waals surface area contributed by atoms with Crippen LogP contribution in [0.25, 0.3) is 15.9 Å². The van der Waals surface area contributed by atoms with Crippen LogP contribution in [0.5, 0.6) is 0 Å². The lowest BCUT2D eigenvalue weighted by molar-refractivity contribution is -0.140.